The maximum Gasteiger partial charge on any atom is 0.343 e. The fourth-order valence-electron chi connectivity index (χ4n) is 2.60. The van der Waals surface area contributed by atoms with Crippen molar-refractivity contribution in [1.29, 1.82) is 0 Å². The lowest BCUT2D eigenvalue weighted by atomic mass is 10.2. The molecule has 0 bridgehead atoms. The molecule has 0 aliphatic heterocycles. The smallest absolute Gasteiger partial charge is 0.343 e. The van der Waals surface area contributed by atoms with Crippen LogP contribution in [0.5, 0.6) is 17.2 Å². The number of nitrogens with zero attached hydrogens (tertiary/aromatic N) is 1. The normalized spacial score (nSPS) is 10.6. The maximum atomic E-state index is 12.4. The lowest BCUT2D eigenvalue weighted by molar-refractivity contribution is 0.0729. The van der Waals surface area contributed by atoms with Crippen molar-refractivity contribution in [3.05, 3.63) is 87.4 Å². The van der Waals surface area contributed by atoms with E-state index < -0.39 is 11.9 Å². The molecule has 164 valence electrons. The van der Waals surface area contributed by atoms with Gasteiger partial charge < -0.3 is 14.2 Å². The molecule has 3 aromatic rings. The van der Waals surface area contributed by atoms with Gasteiger partial charge in [-0.05, 0) is 66.2 Å². The van der Waals surface area contributed by atoms with Crippen LogP contribution in [0.25, 0.3) is 0 Å². The summed E-state index contributed by atoms with van der Waals surface area (Å²) in [5.41, 5.74) is 3.69. The van der Waals surface area contributed by atoms with Crippen molar-refractivity contribution in [1.82, 2.24) is 5.43 Å². The lowest BCUT2D eigenvalue weighted by Crippen LogP contribution is -2.17. The molecule has 0 aliphatic carbocycles. The van der Waals surface area contributed by atoms with Gasteiger partial charge in [-0.15, -0.1) is 0 Å². The number of hydrazone groups is 1. The molecule has 1 N–H and O–H groups in total. The molecule has 0 saturated carbocycles. The van der Waals surface area contributed by atoms with Crippen LogP contribution in [0, 0.1) is 0 Å². The lowest BCUT2D eigenvalue weighted by Gasteiger charge is -2.10. The van der Waals surface area contributed by atoms with E-state index in [0.717, 1.165) is 0 Å². The van der Waals surface area contributed by atoms with Crippen LogP contribution < -0.4 is 19.6 Å². The molecule has 32 heavy (non-hydrogen) atoms. The molecule has 0 aliphatic rings. The molecule has 7 nitrogen and oxygen atoms in total. The Labute approximate surface area is 194 Å². The Morgan fingerprint density at radius 3 is 2.22 bits per heavy atom. The molecule has 0 heterocycles. The summed E-state index contributed by atoms with van der Waals surface area (Å²) in [6.45, 7) is 0. The predicted molar refractivity (Wildman–Crippen MR) is 122 cm³/mol. The first kappa shape index (κ1) is 23.1. The van der Waals surface area contributed by atoms with E-state index in [1.807, 2.05) is 0 Å². The van der Waals surface area contributed by atoms with Gasteiger partial charge in [-0.1, -0.05) is 23.2 Å². The Kier molecular flexibility index (Phi) is 7.70. The first-order chi connectivity index (χ1) is 15.4. The second-order valence-corrected chi connectivity index (χ2v) is 7.17. The zero-order chi connectivity index (χ0) is 23.1. The van der Waals surface area contributed by atoms with Crippen LogP contribution in [0.15, 0.2) is 65.8 Å². The van der Waals surface area contributed by atoms with E-state index in [1.54, 1.807) is 49.6 Å². The average molecular weight is 473 g/mol. The molecule has 0 fully saturated rings. The summed E-state index contributed by atoms with van der Waals surface area (Å²) in [5, 5.41) is 4.55. The number of benzene rings is 3. The highest BCUT2D eigenvalue weighted by Crippen LogP contribution is 2.28. The zero-order valence-corrected chi connectivity index (χ0v) is 18.6. The number of nitrogens with one attached hydrogen (secondary N) is 1. The van der Waals surface area contributed by atoms with E-state index in [-0.39, 0.29) is 10.8 Å². The van der Waals surface area contributed by atoms with E-state index >= 15 is 0 Å². The minimum atomic E-state index is -0.541. The summed E-state index contributed by atoms with van der Waals surface area (Å²) in [5.74, 6) is 0.212. The number of esters is 1. The molecule has 0 unspecified atom stereocenters. The minimum absolute atomic E-state index is 0.241. The van der Waals surface area contributed by atoms with Gasteiger partial charge in [-0.3, -0.25) is 4.79 Å². The van der Waals surface area contributed by atoms with Crippen molar-refractivity contribution in [2.45, 2.75) is 0 Å². The number of amides is 1. The Balaban J connectivity index is 1.66. The van der Waals surface area contributed by atoms with Crippen molar-refractivity contribution in [2.24, 2.45) is 5.10 Å². The van der Waals surface area contributed by atoms with Gasteiger partial charge in [0.15, 0.2) is 11.5 Å². The van der Waals surface area contributed by atoms with Crippen molar-refractivity contribution < 1.29 is 23.8 Å². The Bertz CT molecular complexity index is 1160. The maximum absolute atomic E-state index is 12.4. The molecule has 0 saturated heterocycles. The molecule has 0 aromatic heterocycles. The third-order valence-corrected chi connectivity index (χ3v) is 5.02. The number of halogens is 2. The summed E-state index contributed by atoms with van der Waals surface area (Å²) in [6.07, 6.45) is 1.42. The standard InChI is InChI=1S/C23H18Cl2N2O5/c1-30-17-7-4-15(5-8-17)23(29)32-20-10-3-14(11-21(20)31-2)13-26-27-22(28)16-6-9-18(24)19(25)12-16/h3-13H,1-2H3,(H,27,28)/b26-13+. The minimum Gasteiger partial charge on any atom is -0.497 e. The predicted octanol–water partition coefficient (Wildman–Crippen LogP) is 4.99. The molecular weight excluding hydrogens is 455 g/mol. The van der Waals surface area contributed by atoms with Gasteiger partial charge in [-0.25, -0.2) is 10.2 Å². The number of hydrogen-bond donors (Lipinski definition) is 1. The van der Waals surface area contributed by atoms with Crippen LogP contribution in [0.2, 0.25) is 10.0 Å². The number of carbonyl (C=O) groups is 2. The van der Waals surface area contributed by atoms with Crippen LogP contribution >= 0.6 is 23.2 Å². The number of rotatable bonds is 7. The van der Waals surface area contributed by atoms with Gasteiger partial charge in [0.1, 0.15) is 5.75 Å². The first-order valence-electron chi connectivity index (χ1n) is 9.24. The van der Waals surface area contributed by atoms with Crippen LogP contribution in [-0.4, -0.2) is 32.3 Å². The van der Waals surface area contributed by atoms with E-state index in [2.05, 4.69) is 10.5 Å². The molecule has 0 radical (unpaired) electrons. The summed E-state index contributed by atoms with van der Waals surface area (Å²) < 4.78 is 15.8. The van der Waals surface area contributed by atoms with Gasteiger partial charge in [0.2, 0.25) is 0 Å². The highest BCUT2D eigenvalue weighted by atomic mass is 35.5. The van der Waals surface area contributed by atoms with E-state index in [4.69, 9.17) is 37.4 Å². The average Bonchev–Trinajstić information content (AvgIpc) is 2.81. The van der Waals surface area contributed by atoms with Gasteiger partial charge in [0.25, 0.3) is 5.91 Å². The largest absolute Gasteiger partial charge is 0.497 e. The molecule has 3 rings (SSSR count). The number of carbonyl (C=O) groups excluding carboxylic acids is 2. The van der Waals surface area contributed by atoms with Gasteiger partial charge >= 0.3 is 5.97 Å². The number of methoxy groups -OCH3 is 2. The van der Waals surface area contributed by atoms with Gasteiger partial charge in [-0.2, -0.15) is 5.10 Å². The van der Waals surface area contributed by atoms with Crippen molar-refractivity contribution in [2.75, 3.05) is 14.2 Å². The van der Waals surface area contributed by atoms with E-state index in [0.29, 0.717) is 33.2 Å². The third-order valence-electron chi connectivity index (χ3n) is 4.28. The highest BCUT2D eigenvalue weighted by molar-refractivity contribution is 6.42. The van der Waals surface area contributed by atoms with Crippen molar-refractivity contribution in [3.8, 4) is 17.2 Å². The zero-order valence-electron chi connectivity index (χ0n) is 17.1. The fourth-order valence-corrected chi connectivity index (χ4v) is 2.90. The fraction of sp³-hybridized carbons (Fsp3) is 0.0870. The molecule has 9 heteroatoms. The summed E-state index contributed by atoms with van der Waals surface area (Å²) >= 11 is 11.8. The number of hydrogen-bond acceptors (Lipinski definition) is 6. The summed E-state index contributed by atoms with van der Waals surface area (Å²) in [6, 6.07) is 15.9. The SMILES string of the molecule is COc1ccc(C(=O)Oc2ccc(/C=N/NC(=O)c3ccc(Cl)c(Cl)c3)cc2OC)cc1. The number of ether oxygens (including phenoxy) is 3. The van der Waals surface area contributed by atoms with E-state index in [1.165, 1.54) is 31.5 Å². The Hall–Kier alpha value is -3.55. The molecule has 3 aromatic carbocycles. The molecule has 0 spiro atoms. The molecule has 0 atom stereocenters. The second kappa shape index (κ2) is 10.7. The Morgan fingerprint density at radius 1 is 0.844 bits per heavy atom. The highest BCUT2D eigenvalue weighted by Gasteiger charge is 2.13. The quantitative estimate of drug-likeness (QED) is 0.226. The van der Waals surface area contributed by atoms with Gasteiger partial charge in [0, 0.05) is 5.56 Å². The monoisotopic (exact) mass is 472 g/mol. The molecular formula is C23H18Cl2N2O5. The topological polar surface area (TPSA) is 86.2 Å². The van der Waals surface area contributed by atoms with Gasteiger partial charge in [0.05, 0.1) is 36.0 Å². The Morgan fingerprint density at radius 2 is 1.56 bits per heavy atom. The summed E-state index contributed by atoms with van der Waals surface area (Å²) in [7, 11) is 2.99. The van der Waals surface area contributed by atoms with Crippen LogP contribution in [0.4, 0.5) is 0 Å². The summed E-state index contributed by atoms with van der Waals surface area (Å²) in [4.78, 5) is 24.5. The molecule has 1 amide bonds. The first-order valence-corrected chi connectivity index (χ1v) is 9.99. The third kappa shape index (κ3) is 5.78. The van der Waals surface area contributed by atoms with Crippen molar-refractivity contribution >= 4 is 41.3 Å². The van der Waals surface area contributed by atoms with Crippen LogP contribution in [0.1, 0.15) is 26.3 Å². The van der Waals surface area contributed by atoms with Crippen molar-refractivity contribution in [3.63, 3.8) is 0 Å². The second-order valence-electron chi connectivity index (χ2n) is 6.36. The van der Waals surface area contributed by atoms with E-state index in [9.17, 15) is 9.59 Å². The van der Waals surface area contributed by atoms with Crippen LogP contribution in [0.3, 0.4) is 0 Å². The van der Waals surface area contributed by atoms with Crippen LogP contribution in [-0.2, 0) is 0 Å².